The number of hydrogen-bond donors (Lipinski definition) is 2. The van der Waals surface area contributed by atoms with Crippen LogP contribution >= 0.6 is 0 Å². The summed E-state index contributed by atoms with van der Waals surface area (Å²) < 4.78 is 0. The summed E-state index contributed by atoms with van der Waals surface area (Å²) in [6.07, 6.45) is 0. The summed E-state index contributed by atoms with van der Waals surface area (Å²) in [5, 5.41) is 17.5. The first kappa shape index (κ1) is 13.6. The van der Waals surface area contributed by atoms with E-state index in [1.165, 1.54) is 0 Å². The molecular formula is C13H20N4O2. The van der Waals surface area contributed by atoms with Crippen molar-refractivity contribution < 1.29 is 4.92 Å². The molecule has 0 saturated carbocycles. The largest absolute Gasteiger partial charge is 0.377 e. The number of hydrogen-bond acceptors (Lipinski definition) is 5. The van der Waals surface area contributed by atoms with Crippen molar-refractivity contribution in [2.45, 2.75) is 19.9 Å². The van der Waals surface area contributed by atoms with Crippen LogP contribution in [-0.2, 0) is 0 Å². The fourth-order valence-corrected chi connectivity index (χ4v) is 2.23. The van der Waals surface area contributed by atoms with E-state index in [0.717, 1.165) is 31.9 Å². The Labute approximate surface area is 112 Å². The summed E-state index contributed by atoms with van der Waals surface area (Å²) in [5.41, 5.74) is 1.76. The molecule has 1 aromatic carbocycles. The van der Waals surface area contributed by atoms with Crippen LogP contribution in [0.5, 0.6) is 0 Å². The van der Waals surface area contributed by atoms with Crippen molar-refractivity contribution in [1.29, 1.82) is 0 Å². The molecule has 0 unspecified atom stereocenters. The Morgan fingerprint density at radius 3 is 2.63 bits per heavy atom. The van der Waals surface area contributed by atoms with Gasteiger partial charge in [0.1, 0.15) is 5.69 Å². The van der Waals surface area contributed by atoms with Gasteiger partial charge < -0.3 is 15.5 Å². The Bertz CT molecular complexity index is 456. The Hall–Kier alpha value is -1.82. The highest BCUT2D eigenvalue weighted by molar-refractivity contribution is 5.69. The molecule has 1 fully saturated rings. The fourth-order valence-electron chi connectivity index (χ4n) is 2.23. The van der Waals surface area contributed by atoms with Gasteiger partial charge in [-0.1, -0.05) is 0 Å². The van der Waals surface area contributed by atoms with Gasteiger partial charge in [0.25, 0.3) is 5.69 Å². The second kappa shape index (κ2) is 5.88. The number of rotatable bonds is 4. The third-order valence-corrected chi connectivity index (χ3v) is 3.10. The van der Waals surface area contributed by atoms with Gasteiger partial charge in [-0.05, 0) is 26.0 Å². The molecule has 0 spiro atoms. The van der Waals surface area contributed by atoms with E-state index >= 15 is 0 Å². The molecular weight excluding hydrogens is 244 g/mol. The molecule has 0 amide bonds. The van der Waals surface area contributed by atoms with E-state index in [4.69, 9.17) is 0 Å². The minimum absolute atomic E-state index is 0.132. The van der Waals surface area contributed by atoms with E-state index in [2.05, 4.69) is 15.5 Å². The Balaban J connectivity index is 2.28. The highest BCUT2D eigenvalue weighted by Gasteiger charge is 2.18. The van der Waals surface area contributed by atoms with E-state index in [9.17, 15) is 10.1 Å². The van der Waals surface area contributed by atoms with Crippen molar-refractivity contribution in [3.63, 3.8) is 0 Å². The van der Waals surface area contributed by atoms with Crippen molar-refractivity contribution in [2.75, 3.05) is 36.4 Å². The lowest BCUT2D eigenvalue weighted by molar-refractivity contribution is -0.384. The lowest BCUT2D eigenvalue weighted by Crippen LogP contribution is -2.43. The summed E-state index contributed by atoms with van der Waals surface area (Å²) >= 11 is 0. The van der Waals surface area contributed by atoms with Gasteiger partial charge in [0.15, 0.2) is 0 Å². The van der Waals surface area contributed by atoms with Gasteiger partial charge in [0.05, 0.1) is 4.92 Å². The topological polar surface area (TPSA) is 70.4 Å². The van der Waals surface area contributed by atoms with Gasteiger partial charge in [0, 0.05) is 44.0 Å². The maximum Gasteiger partial charge on any atom is 0.292 e. The number of nitro groups is 1. The predicted molar refractivity (Wildman–Crippen MR) is 76.9 cm³/mol. The SMILES string of the molecule is CC(C)Nc1cc(N2CCNCC2)ccc1[N+](=O)[O-]. The Morgan fingerprint density at radius 2 is 2.05 bits per heavy atom. The number of anilines is 2. The van der Waals surface area contributed by atoms with E-state index in [-0.39, 0.29) is 16.7 Å². The first-order valence-electron chi connectivity index (χ1n) is 6.58. The van der Waals surface area contributed by atoms with Gasteiger partial charge in [-0.25, -0.2) is 0 Å². The summed E-state index contributed by atoms with van der Waals surface area (Å²) in [5.74, 6) is 0. The van der Waals surface area contributed by atoms with Crippen LogP contribution in [0.3, 0.4) is 0 Å². The molecule has 0 aliphatic carbocycles. The minimum atomic E-state index is -0.341. The van der Waals surface area contributed by atoms with Crippen molar-refractivity contribution in [3.05, 3.63) is 28.3 Å². The molecule has 19 heavy (non-hydrogen) atoms. The third-order valence-electron chi connectivity index (χ3n) is 3.10. The zero-order chi connectivity index (χ0) is 13.8. The summed E-state index contributed by atoms with van der Waals surface area (Å²) in [4.78, 5) is 12.9. The lowest BCUT2D eigenvalue weighted by Gasteiger charge is -2.29. The lowest BCUT2D eigenvalue weighted by atomic mass is 10.2. The van der Waals surface area contributed by atoms with Gasteiger partial charge in [-0.15, -0.1) is 0 Å². The van der Waals surface area contributed by atoms with Gasteiger partial charge in [0.2, 0.25) is 0 Å². The maximum absolute atomic E-state index is 11.0. The number of nitrogens with one attached hydrogen (secondary N) is 2. The van der Waals surface area contributed by atoms with E-state index < -0.39 is 0 Å². The van der Waals surface area contributed by atoms with Crippen molar-refractivity contribution in [3.8, 4) is 0 Å². The first-order chi connectivity index (χ1) is 9.08. The highest BCUT2D eigenvalue weighted by atomic mass is 16.6. The number of nitrogens with zero attached hydrogens (tertiary/aromatic N) is 2. The normalized spacial score (nSPS) is 15.6. The zero-order valence-electron chi connectivity index (χ0n) is 11.3. The summed E-state index contributed by atoms with van der Waals surface area (Å²) in [7, 11) is 0. The molecule has 2 rings (SSSR count). The van der Waals surface area contributed by atoms with Crippen LogP contribution in [0.15, 0.2) is 18.2 Å². The molecule has 1 aromatic rings. The molecule has 104 valence electrons. The molecule has 1 heterocycles. The fraction of sp³-hybridized carbons (Fsp3) is 0.538. The van der Waals surface area contributed by atoms with Crippen LogP contribution in [0.25, 0.3) is 0 Å². The molecule has 1 aliphatic heterocycles. The van der Waals surface area contributed by atoms with Crippen molar-refractivity contribution >= 4 is 17.1 Å². The second-order valence-corrected chi connectivity index (χ2v) is 4.99. The zero-order valence-corrected chi connectivity index (χ0v) is 11.3. The summed E-state index contributed by atoms with van der Waals surface area (Å²) in [6, 6.07) is 5.46. The van der Waals surface area contributed by atoms with Crippen LogP contribution in [0.4, 0.5) is 17.1 Å². The molecule has 0 aromatic heterocycles. The average Bonchev–Trinajstić information content (AvgIpc) is 2.38. The second-order valence-electron chi connectivity index (χ2n) is 4.99. The van der Waals surface area contributed by atoms with Crippen LogP contribution in [-0.4, -0.2) is 37.1 Å². The molecule has 0 atom stereocenters. The van der Waals surface area contributed by atoms with Gasteiger partial charge in [-0.3, -0.25) is 10.1 Å². The van der Waals surface area contributed by atoms with E-state index in [0.29, 0.717) is 5.69 Å². The number of piperazine rings is 1. The molecule has 2 N–H and O–H groups in total. The first-order valence-corrected chi connectivity index (χ1v) is 6.58. The van der Waals surface area contributed by atoms with Crippen LogP contribution in [0.2, 0.25) is 0 Å². The van der Waals surface area contributed by atoms with Crippen LogP contribution in [0.1, 0.15) is 13.8 Å². The standard InChI is InChI=1S/C13H20N4O2/c1-10(2)15-12-9-11(3-4-13(12)17(18)19)16-7-5-14-6-8-16/h3-4,9-10,14-15H,5-8H2,1-2H3. The Kier molecular flexibility index (Phi) is 4.21. The monoisotopic (exact) mass is 264 g/mol. The van der Waals surface area contributed by atoms with Gasteiger partial charge in [-0.2, -0.15) is 0 Å². The maximum atomic E-state index is 11.0. The number of benzene rings is 1. The van der Waals surface area contributed by atoms with Crippen molar-refractivity contribution in [2.24, 2.45) is 0 Å². The van der Waals surface area contributed by atoms with Crippen molar-refractivity contribution in [1.82, 2.24) is 5.32 Å². The van der Waals surface area contributed by atoms with E-state index in [1.807, 2.05) is 26.0 Å². The molecule has 6 nitrogen and oxygen atoms in total. The molecule has 0 bridgehead atoms. The Morgan fingerprint density at radius 1 is 1.37 bits per heavy atom. The smallest absolute Gasteiger partial charge is 0.292 e. The summed E-state index contributed by atoms with van der Waals surface area (Å²) in [6.45, 7) is 7.70. The van der Waals surface area contributed by atoms with Crippen LogP contribution < -0.4 is 15.5 Å². The third kappa shape index (κ3) is 3.35. The molecule has 1 aliphatic rings. The molecule has 1 saturated heterocycles. The van der Waals surface area contributed by atoms with Gasteiger partial charge >= 0.3 is 0 Å². The quantitative estimate of drug-likeness (QED) is 0.641. The molecule has 0 radical (unpaired) electrons. The number of nitro benzene ring substituents is 1. The predicted octanol–water partition coefficient (Wildman–Crippen LogP) is 1.82. The molecule has 6 heteroatoms. The van der Waals surface area contributed by atoms with E-state index in [1.54, 1.807) is 6.07 Å². The highest BCUT2D eigenvalue weighted by Crippen LogP contribution is 2.30. The average molecular weight is 264 g/mol. The van der Waals surface area contributed by atoms with Crippen LogP contribution in [0, 0.1) is 10.1 Å². The minimum Gasteiger partial charge on any atom is -0.377 e.